The molecule has 0 bridgehead atoms. The Hall–Kier alpha value is -4.16. The van der Waals surface area contributed by atoms with Crippen molar-refractivity contribution in [2.75, 3.05) is 7.11 Å². The van der Waals surface area contributed by atoms with Crippen LogP contribution in [0.2, 0.25) is 5.02 Å². The fourth-order valence-corrected chi connectivity index (χ4v) is 5.18. The molecule has 0 aliphatic rings. The molecular formula is C28H13ClF7NO3S. The molecule has 1 unspecified atom stereocenters. The van der Waals surface area contributed by atoms with E-state index >= 15 is 4.39 Å². The number of ether oxygens (including phenoxy) is 1. The third-order valence-corrected chi connectivity index (χ3v) is 7.31. The average molecular weight is 612 g/mol. The molecule has 5 aromatic rings. The van der Waals surface area contributed by atoms with Crippen molar-refractivity contribution >= 4 is 33.5 Å². The maximum absolute atomic E-state index is 15.2. The van der Waals surface area contributed by atoms with Crippen LogP contribution in [0.5, 0.6) is 11.5 Å². The Morgan fingerprint density at radius 1 is 0.805 bits per heavy atom. The number of fused-ring (bicyclic) bond motifs is 1. The van der Waals surface area contributed by atoms with E-state index < -0.39 is 62.4 Å². The van der Waals surface area contributed by atoms with Gasteiger partial charge in [0.2, 0.25) is 45.9 Å². The van der Waals surface area contributed by atoms with E-state index in [2.05, 4.69) is 9.17 Å². The van der Waals surface area contributed by atoms with Crippen LogP contribution in [0.15, 0.2) is 65.7 Å². The van der Waals surface area contributed by atoms with Crippen LogP contribution in [-0.2, 0) is 11.1 Å². The topological polar surface area (TPSA) is 48.4 Å². The zero-order valence-electron chi connectivity index (χ0n) is 20.4. The van der Waals surface area contributed by atoms with Gasteiger partial charge in [-0.25, -0.2) is 26.2 Å². The summed E-state index contributed by atoms with van der Waals surface area (Å²) in [7, 11) is 1.37. The monoisotopic (exact) mass is 611 g/mol. The van der Waals surface area contributed by atoms with Crippen LogP contribution in [0.1, 0.15) is 0 Å². The first-order valence-electron chi connectivity index (χ1n) is 11.4. The number of nitrogens with zero attached hydrogens (tertiary/aromatic N) is 1. The van der Waals surface area contributed by atoms with Gasteiger partial charge in [-0.2, -0.15) is 8.78 Å². The van der Waals surface area contributed by atoms with Gasteiger partial charge < -0.3 is 8.92 Å². The largest absolute Gasteiger partial charge is 0.496 e. The van der Waals surface area contributed by atoms with Gasteiger partial charge in [-0.3, -0.25) is 4.98 Å². The van der Waals surface area contributed by atoms with Gasteiger partial charge in [0.05, 0.1) is 12.8 Å². The van der Waals surface area contributed by atoms with Crippen LogP contribution in [-0.4, -0.2) is 16.3 Å². The average Bonchev–Trinajstić information content (AvgIpc) is 2.96. The number of halogens is 8. The number of pyridine rings is 1. The predicted molar refractivity (Wildman–Crippen MR) is 137 cm³/mol. The summed E-state index contributed by atoms with van der Waals surface area (Å²) in [6.07, 6.45) is 1.32. The highest BCUT2D eigenvalue weighted by Gasteiger charge is 2.29. The second kappa shape index (κ2) is 11.0. The van der Waals surface area contributed by atoms with E-state index in [4.69, 9.17) is 16.3 Å². The number of benzene rings is 4. The van der Waals surface area contributed by atoms with Gasteiger partial charge in [0.1, 0.15) is 22.3 Å². The maximum Gasteiger partial charge on any atom is 0.243 e. The van der Waals surface area contributed by atoms with E-state index in [0.717, 1.165) is 12.1 Å². The molecule has 1 atom stereocenters. The van der Waals surface area contributed by atoms with Crippen molar-refractivity contribution < 1.29 is 43.9 Å². The van der Waals surface area contributed by atoms with Gasteiger partial charge in [0.25, 0.3) is 0 Å². The van der Waals surface area contributed by atoms with E-state index in [1.807, 2.05) is 0 Å². The predicted octanol–water partition coefficient (Wildman–Crippen LogP) is 8.31. The molecular weight excluding hydrogens is 599 g/mol. The first kappa shape index (κ1) is 28.4. The number of rotatable bonds is 6. The van der Waals surface area contributed by atoms with Gasteiger partial charge in [-0.1, -0.05) is 23.7 Å². The minimum absolute atomic E-state index is 0.162. The van der Waals surface area contributed by atoms with Crippen molar-refractivity contribution in [3.05, 3.63) is 107 Å². The second-order valence-corrected chi connectivity index (χ2v) is 9.91. The van der Waals surface area contributed by atoms with Crippen molar-refractivity contribution in [1.29, 1.82) is 0 Å². The molecule has 0 aliphatic carbocycles. The van der Waals surface area contributed by atoms with Crippen LogP contribution < -0.4 is 8.92 Å². The van der Waals surface area contributed by atoms with Gasteiger partial charge in [-0.05, 0) is 53.4 Å². The normalized spacial score (nSPS) is 12.0. The van der Waals surface area contributed by atoms with E-state index in [1.165, 1.54) is 43.6 Å². The lowest BCUT2D eigenvalue weighted by atomic mass is 9.98. The summed E-state index contributed by atoms with van der Waals surface area (Å²) in [4.78, 5) is 3.54. The van der Waals surface area contributed by atoms with E-state index in [9.17, 15) is 30.6 Å². The zero-order chi connectivity index (χ0) is 29.6. The summed E-state index contributed by atoms with van der Waals surface area (Å²) in [5.74, 6) is -15.1. The summed E-state index contributed by atoms with van der Waals surface area (Å²) >= 11 is 3.46. The Morgan fingerprint density at radius 2 is 1.49 bits per heavy atom. The molecule has 210 valence electrons. The molecule has 41 heavy (non-hydrogen) atoms. The molecule has 4 nitrogen and oxygen atoms in total. The number of hydrogen-bond acceptors (Lipinski definition) is 4. The summed E-state index contributed by atoms with van der Waals surface area (Å²) in [6, 6.07) is 12.0. The molecule has 0 spiro atoms. The van der Waals surface area contributed by atoms with Gasteiger partial charge in [0.15, 0.2) is 0 Å². The van der Waals surface area contributed by atoms with E-state index in [0.29, 0.717) is 16.7 Å². The Balaban J connectivity index is 1.58. The van der Waals surface area contributed by atoms with E-state index in [-0.39, 0.29) is 27.2 Å². The molecule has 0 radical (unpaired) electrons. The molecule has 0 N–H and O–H groups in total. The van der Waals surface area contributed by atoms with Gasteiger partial charge in [0, 0.05) is 27.7 Å². The van der Waals surface area contributed by atoms with E-state index in [1.54, 1.807) is 12.1 Å². The third-order valence-electron chi connectivity index (χ3n) is 6.00. The summed E-state index contributed by atoms with van der Waals surface area (Å²) < 4.78 is 120. The summed E-state index contributed by atoms with van der Waals surface area (Å²) in [6.45, 7) is 0. The molecule has 0 saturated carbocycles. The fraction of sp³-hybridized carbons (Fsp3) is 0.0357. The molecule has 1 heterocycles. The van der Waals surface area contributed by atoms with Crippen molar-refractivity contribution in [1.82, 2.24) is 4.98 Å². The Labute approximate surface area is 234 Å². The number of hydrogen-bond donors (Lipinski definition) is 0. The van der Waals surface area contributed by atoms with Crippen LogP contribution in [0, 0.1) is 40.7 Å². The Morgan fingerprint density at radius 3 is 2.15 bits per heavy atom. The highest BCUT2D eigenvalue weighted by atomic mass is 35.5. The first-order valence-corrected chi connectivity index (χ1v) is 12.8. The van der Waals surface area contributed by atoms with Crippen LogP contribution in [0.25, 0.3) is 33.2 Å². The van der Waals surface area contributed by atoms with Crippen LogP contribution in [0.4, 0.5) is 30.7 Å². The van der Waals surface area contributed by atoms with Gasteiger partial charge >= 0.3 is 0 Å². The quantitative estimate of drug-likeness (QED) is 0.110. The molecule has 13 heteroatoms. The van der Waals surface area contributed by atoms with Crippen molar-refractivity contribution in [3.63, 3.8) is 0 Å². The van der Waals surface area contributed by atoms with Crippen molar-refractivity contribution in [2.24, 2.45) is 0 Å². The molecule has 5 rings (SSSR count). The number of methoxy groups -OCH3 is 1. The minimum Gasteiger partial charge on any atom is -0.496 e. The molecule has 1 aromatic heterocycles. The lowest BCUT2D eigenvalue weighted by Crippen LogP contribution is -2.10. The molecule has 0 saturated heterocycles. The third kappa shape index (κ3) is 5.08. The summed E-state index contributed by atoms with van der Waals surface area (Å²) in [5, 5.41) is 0.572. The standard InChI is InChI=1S/C28H13ClF7NO3S/c1-39-20-11-15(12-3-2-4-14(30)7-12)18(29)9-17(20)27-16-10-19(31)21(8-13(16)5-6-37-27)41(38)40-28-25(35)23(33)22(32)24(34)26(28)36/h2-11H,1H3. The SMILES string of the molecule is COc1cc(-c2cccc(F)c2)c(Cl)cc1-c1nccc2cc(S(=O)Oc3c(F)c(F)c(F)c(F)c3F)c(F)cc12. The first-order chi connectivity index (χ1) is 19.5. The number of aromatic nitrogens is 1. The Bertz CT molecular complexity index is 1860. The molecule has 4 aromatic carbocycles. The van der Waals surface area contributed by atoms with Gasteiger partial charge in [-0.15, -0.1) is 0 Å². The Kier molecular flexibility index (Phi) is 7.62. The second-order valence-electron chi connectivity index (χ2n) is 8.42. The van der Waals surface area contributed by atoms with Crippen molar-refractivity contribution in [3.8, 4) is 33.9 Å². The fourth-order valence-electron chi connectivity index (χ4n) is 4.08. The van der Waals surface area contributed by atoms with Crippen LogP contribution >= 0.6 is 11.6 Å². The lowest BCUT2D eigenvalue weighted by molar-refractivity contribution is 0.352. The van der Waals surface area contributed by atoms with Crippen molar-refractivity contribution in [2.45, 2.75) is 4.90 Å². The highest BCUT2D eigenvalue weighted by Crippen LogP contribution is 2.41. The molecule has 0 fully saturated rings. The lowest BCUT2D eigenvalue weighted by Gasteiger charge is -2.15. The smallest absolute Gasteiger partial charge is 0.243 e. The molecule has 0 amide bonds. The van der Waals surface area contributed by atoms with Crippen LogP contribution in [0.3, 0.4) is 0 Å². The highest BCUT2D eigenvalue weighted by molar-refractivity contribution is 7.80. The molecule has 0 aliphatic heterocycles. The zero-order valence-corrected chi connectivity index (χ0v) is 21.9. The maximum atomic E-state index is 15.2. The minimum atomic E-state index is -3.04. The summed E-state index contributed by atoms with van der Waals surface area (Å²) in [5.41, 5.74) is 1.40.